The zero-order valence-corrected chi connectivity index (χ0v) is 79.4. The largest absolute Gasteiger partial charge is 0.397 e. The predicted octanol–water partition coefficient (Wildman–Crippen LogP) is 18.5. The van der Waals surface area contributed by atoms with E-state index < -0.39 is 129 Å². The van der Waals surface area contributed by atoms with E-state index in [1.54, 1.807) is 82.1 Å². The van der Waals surface area contributed by atoms with Gasteiger partial charge in [0, 0.05) is 112 Å². The number of halogens is 15. The number of carbonyl (C=O) groups is 3. The molecule has 0 unspecified atom stereocenters. The zero-order valence-electron chi connectivity index (χ0n) is 74.9. The van der Waals surface area contributed by atoms with Crippen LogP contribution in [0.5, 0.6) is 0 Å². The lowest BCUT2D eigenvalue weighted by Crippen LogP contribution is -2.58. The summed E-state index contributed by atoms with van der Waals surface area (Å²) in [7, 11) is 0. The summed E-state index contributed by atoms with van der Waals surface area (Å²) in [6, 6.07) is 14.6. The van der Waals surface area contributed by atoms with Crippen molar-refractivity contribution in [2.24, 2.45) is 0 Å². The standard InChI is InChI=1S/C33H30Cl3F2N7O2.C31H26Cl2F3N7O2.C31H26ClF4N7O2/c1-7-21(46)44-16(5)12-43(13-17(44)6)31-18-10-20(34)29(22-25(37)23(35)26(38)24(36)27(22)40)42-32(18)45(33(47)19(31)11-39)30-15(4)8-9-41-28(30)14(2)3;1-5-19(44)41-8-10-42(11-9-41)29-16-12-18(32)27(20-22(34)21(33)23(35)24(36)25(20)38)40-30(16)43(31(45)17(29)13-37)28-15(4)6-7-39-26(28)14(2)3;1-5-19(44)41-8-10-42(11-9-41)29-16-12-18(32)27(20-21(33)22(34)23(35)24(36)25(20)38)40-30(16)43(31(45)17(29)13-37)28-15(4)6-7-39-26(28)14(2)3/h7-10,14,16-17H,1,12-13,40H2,2-6H3;2*5-7,12,14H,1,8-11,38H2,2-4H3/t16-,17+;;. The zero-order chi connectivity index (χ0) is 100. The van der Waals surface area contributed by atoms with Crippen molar-refractivity contribution in [2.75, 3.05) is 97.3 Å². The molecular formula is C95H82Cl6F9N21O6. The summed E-state index contributed by atoms with van der Waals surface area (Å²) in [5.41, 5.74) is 13.6. The summed E-state index contributed by atoms with van der Waals surface area (Å²) in [6.45, 7) is 33.3. The molecule has 42 heteroatoms. The highest BCUT2D eigenvalue weighted by Gasteiger charge is 2.40. The van der Waals surface area contributed by atoms with E-state index in [0.717, 1.165) is 4.57 Å². The molecule has 3 aliphatic rings. The highest BCUT2D eigenvalue weighted by molar-refractivity contribution is 6.39. The quantitative estimate of drug-likeness (QED) is 0.0282. The van der Waals surface area contributed by atoms with Crippen molar-refractivity contribution in [1.29, 1.82) is 15.8 Å². The summed E-state index contributed by atoms with van der Waals surface area (Å²) in [6.07, 6.45) is 8.39. The fraction of sp³-hybridized carbons (Fsp3) is 0.274. The monoisotopic (exact) mass is 1990 g/mol. The van der Waals surface area contributed by atoms with Gasteiger partial charge in [-0.15, -0.1) is 0 Å². The number of rotatable bonds is 15. The molecule has 15 rings (SSSR count). The molecular weight excluding hydrogens is 1910 g/mol. The van der Waals surface area contributed by atoms with Gasteiger partial charge >= 0.3 is 0 Å². The Bertz CT molecular complexity index is 7120. The van der Waals surface area contributed by atoms with Crippen LogP contribution in [0.25, 0.3) is 83.9 Å². The van der Waals surface area contributed by atoms with Gasteiger partial charge in [0.25, 0.3) is 16.7 Å². The van der Waals surface area contributed by atoms with E-state index in [4.69, 9.17) is 91.8 Å². The molecule has 3 amide bonds. The summed E-state index contributed by atoms with van der Waals surface area (Å²) < 4.78 is 136. The lowest BCUT2D eigenvalue weighted by molar-refractivity contribution is -0.130. The number of nitrogens with two attached hydrogens (primary N) is 3. The number of carbonyl (C=O) groups excluding carboxylic acids is 3. The average Bonchev–Trinajstić information content (AvgIpc) is 0.729. The number of anilines is 6. The second-order valence-corrected chi connectivity index (χ2v) is 35.6. The van der Waals surface area contributed by atoms with Gasteiger partial charge in [-0.2, -0.15) is 15.8 Å². The molecule has 3 saturated heterocycles. The van der Waals surface area contributed by atoms with Crippen LogP contribution >= 0.6 is 69.6 Å². The maximum absolute atomic E-state index is 15.6. The number of benzene rings is 3. The molecule has 0 bridgehead atoms. The summed E-state index contributed by atoms with van der Waals surface area (Å²) >= 11 is 37.8. The molecule has 12 aromatic rings. The first-order valence-corrected chi connectivity index (χ1v) is 44.4. The van der Waals surface area contributed by atoms with Crippen molar-refractivity contribution in [3.8, 4) is 69.0 Å². The third-order valence-corrected chi connectivity index (χ3v) is 25.7. The highest BCUT2D eigenvalue weighted by Crippen LogP contribution is 2.49. The molecule has 0 saturated carbocycles. The van der Waals surface area contributed by atoms with Crippen molar-refractivity contribution in [3.05, 3.63) is 257 Å². The van der Waals surface area contributed by atoms with Crippen LogP contribution in [0.2, 0.25) is 30.1 Å². The molecule has 0 aliphatic carbocycles. The Morgan fingerprint density at radius 1 is 0.409 bits per heavy atom. The minimum absolute atomic E-state index is 0.00155. The average molecular weight is 2000 g/mol. The Morgan fingerprint density at radius 3 is 1.01 bits per heavy atom. The Hall–Kier alpha value is -13.8. The second-order valence-electron chi connectivity index (χ2n) is 33.3. The normalized spacial score (nSPS) is 14.5. The number of piperazine rings is 3. The van der Waals surface area contributed by atoms with E-state index in [2.05, 4.69) is 50.7 Å². The van der Waals surface area contributed by atoms with Crippen molar-refractivity contribution >= 4 is 155 Å². The third-order valence-electron chi connectivity index (χ3n) is 23.8. The van der Waals surface area contributed by atoms with E-state index in [1.807, 2.05) is 72.4 Å². The maximum atomic E-state index is 15.6. The molecule has 3 aliphatic heterocycles. The van der Waals surface area contributed by atoms with Crippen LogP contribution in [0, 0.1) is 107 Å². The lowest BCUT2D eigenvalue weighted by atomic mass is 10.0. The predicted molar refractivity (Wildman–Crippen MR) is 511 cm³/mol. The number of hydrogen-bond donors (Lipinski definition) is 3. The third kappa shape index (κ3) is 17.7. The molecule has 137 heavy (non-hydrogen) atoms. The second kappa shape index (κ2) is 39.9. The number of aromatic nitrogens is 9. The Labute approximate surface area is 806 Å². The van der Waals surface area contributed by atoms with E-state index >= 15 is 13.2 Å². The van der Waals surface area contributed by atoms with Crippen LogP contribution < -0.4 is 48.6 Å². The molecule has 0 radical (unpaired) electrons. The first-order valence-electron chi connectivity index (χ1n) is 42.2. The van der Waals surface area contributed by atoms with Gasteiger partial charge in [-0.1, -0.05) is 131 Å². The van der Waals surface area contributed by atoms with Gasteiger partial charge in [-0.3, -0.25) is 57.4 Å². The van der Waals surface area contributed by atoms with E-state index in [1.165, 1.54) is 45.6 Å². The maximum Gasteiger partial charge on any atom is 0.276 e. The van der Waals surface area contributed by atoms with Crippen LogP contribution in [0.15, 0.2) is 107 Å². The van der Waals surface area contributed by atoms with Gasteiger partial charge in [0.2, 0.25) is 17.7 Å². The van der Waals surface area contributed by atoms with E-state index in [9.17, 15) is 70.9 Å². The Morgan fingerprint density at radius 2 is 0.701 bits per heavy atom. The van der Waals surface area contributed by atoms with Crippen molar-refractivity contribution in [3.63, 3.8) is 0 Å². The van der Waals surface area contributed by atoms with Crippen molar-refractivity contribution in [1.82, 2.24) is 58.3 Å². The molecule has 6 N–H and O–H groups in total. The highest BCUT2D eigenvalue weighted by atomic mass is 35.5. The molecule has 27 nitrogen and oxygen atoms in total. The lowest BCUT2D eigenvalue weighted by Gasteiger charge is -2.45. The van der Waals surface area contributed by atoms with Gasteiger partial charge in [-0.05, 0) is 124 Å². The van der Waals surface area contributed by atoms with Crippen LogP contribution in [-0.4, -0.2) is 154 Å². The van der Waals surface area contributed by atoms with Gasteiger partial charge < -0.3 is 46.6 Å². The van der Waals surface area contributed by atoms with Crippen molar-refractivity contribution < 1.29 is 53.9 Å². The van der Waals surface area contributed by atoms with Gasteiger partial charge in [0.15, 0.2) is 52.4 Å². The van der Waals surface area contributed by atoms with Gasteiger partial charge in [0.05, 0.1) is 117 Å². The van der Waals surface area contributed by atoms with E-state index in [-0.39, 0.29) is 206 Å². The number of pyridine rings is 9. The van der Waals surface area contributed by atoms with Crippen LogP contribution in [0.4, 0.5) is 73.6 Å². The number of aryl methyl sites for hydroxylation is 3. The number of nitrogens with zero attached hydrogens (tertiary/aromatic N) is 18. The van der Waals surface area contributed by atoms with Gasteiger partial charge in [0.1, 0.15) is 66.9 Å². The van der Waals surface area contributed by atoms with Crippen molar-refractivity contribution in [2.45, 2.75) is 106 Å². The van der Waals surface area contributed by atoms with E-state index in [0.29, 0.717) is 45.1 Å². The Kier molecular flexibility index (Phi) is 29.3. The first-order chi connectivity index (χ1) is 64.8. The molecule has 12 heterocycles. The summed E-state index contributed by atoms with van der Waals surface area (Å²) in [4.78, 5) is 118. The Balaban J connectivity index is 0.000000174. The molecule has 3 aromatic carbocycles. The SMILES string of the molecule is C=CC(=O)N1CCN(c2c(C#N)c(=O)n(-c3c(C)ccnc3C(C)C)c3nc(-c4c(N)c(F)c(F)c(Cl)c4F)c(Cl)cc23)CC1.C=CC(=O)N1CCN(c2c(C#N)c(=O)n(-c3c(C)ccnc3C(C)C)c3nc(-c4c(N)c(F)c(F)c(F)c4F)c(Cl)cc23)CC1.C=CC(=O)N1[C@H](C)CN(c2c(C#N)c(=O)n(-c3c(C)ccnc3C(C)C)c3nc(-c4c(N)c(Cl)c(F)c(Cl)c4F)c(Cl)cc23)C[C@@H]1C. The molecule has 708 valence electrons. The minimum Gasteiger partial charge on any atom is -0.397 e. The summed E-state index contributed by atoms with van der Waals surface area (Å²) in [5.74, 6) is -16.4. The number of fused-ring (bicyclic) bond motifs is 3. The number of nitriles is 3. The smallest absolute Gasteiger partial charge is 0.276 e. The topological polar surface area (TPSA) is 363 Å². The fourth-order valence-electron chi connectivity index (χ4n) is 17.3. The van der Waals surface area contributed by atoms with Crippen LogP contribution in [0.3, 0.4) is 0 Å². The number of amides is 3. The molecule has 3 fully saturated rings. The molecule has 9 aromatic heterocycles. The molecule has 2 atom stereocenters. The van der Waals surface area contributed by atoms with Crippen LogP contribution in [0.1, 0.15) is 124 Å². The number of hydrogen-bond acceptors (Lipinski definition) is 21. The summed E-state index contributed by atoms with van der Waals surface area (Å²) in [5, 5.41) is 28.5. The molecule has 0 spiro atoms. The van der Waals surface area contributed by atoms with Crippen LogP contribution in [-0.2, 0) is 14.4 Å². The first kappa shape index (κ1) is 101. The minimum atomic E-state index is -2.12. The van der Waals surface area contributed by atoms with Gasteiger partial charge in [-0.25, -0.2) is 54.5 Å². The fourth-order valence-corrected chi connectivity index (χ4v) is 18.7. The number of nitrogen functional groups attached to an aromatic ring is 3.